The minimum absolute atomic E-state index is 0.498. The molecule has 1 fully saturated rings. The largest absolute Gasteiger partial charge is 0.303 e. The second-order valence-electron chi connectivity index (χ2n) is 6.87. The van der Waals surface area contributed by atoms with E-state index in [9.17, 15) is 5.26 Å². The van der Waals surface area contributed by atoms with Gasteiger partial charge >= 0.3 is 0 Å². The number of thioether (sulfide) groups is 1. The van der Waals surface area contributed by atoms with Crippen molar-refractivity contribution in [2.75, 3.05) is 0 Å². The van der Waals surface area contributed by atoms with Gasteiger partial charge in [-0.1, -0.05) is 55.3 Å². The van der Waals surface area contributed by atoms with Crippen molar-refractivity contribution in [3.8, 4) is 6.07 Å². The van der Waals surface area contributed by atoms with Crippen molar-refractivity contribution < 1.29 is 0 Å². The van der Waals surface area contributed by atoms with E-state index in [0.29, 0.717) is 6.04 Å². The van der Waals surface area contributed by atoms with Gasteiger partial charge in [0.25, 0.3) is 0 Å². The number of hydrogen-bond donors (Lipinski definition) is 0. The van der Waals surface area contributed by atoms with Crippen LogP contribution in [0.15, 0.2) is 46.9 Å². The SMILES string of the molecule is N#Cc1ccccc1CSc1nnc(Cc2cccs2)n1C1CCCCC1. The molecular weight excluding hydrogens is 372 g/mol. The molecule has 0 aliphatic heterocycles. The predicted molar refractivity (Wildman–Crippen MR) is 110 cm³/mol. The van der Waals surface area contributed by atoms with E-state index in [1.54, 1.807) is 23.1 Å². The third-order valence-corrected chi connectivity index (χ3v) is 6.95. The maximum Gasteiger partial charge on any atom is 0.191 e. The van der Waals surface area contributed by atoms with E-state index in [-0.39, 0.29) is 0 Å². The molecule has 0 saturated heterocycles. The molecule has 4 nitrogen and oxygen atoms in total. The highest BCUT2D eigenvalue weighted by Crippen LogP contribution is 2.34. The van der Waals surface area contributed by atoms with Gasteiger partial charge < -0.3 is 4.57 Å². The molecule has 0 atom stereocenters. The Hall–Kier alpha value is -2.10. The van der Waals surface area contributed by atoms with Gasteiger partial charge in [-0.2, -0.15) is 5.26 Å². The molecule has 138 valence electrons. The van der Waals surface area contributed by atoms with Crippen LogP contribution in [0.1, 0.15) is 60.0 Å². The zero-order valence-corrected chi connectivity index (χ0v) is 16.8. The number of benzene rings is 1. The quantitative estimate of drug-likeness (QED) is 0.511. The third-order valence-electron chi connectivity index (χ3n) is 5.08. The van der Waals surface area contributed by atoms with E-state index in [2.05, 4.69) is 38.3 Å². The highest BCUT2D eigenvalue weighted by molar-refractivity contribution is 7.98. The van der Waals surface area contributed by atoms with E-state index >= 15 is 0 Å². The van der Waals surface area contributed by atoms with Crippen molar-refractivity contribution >= 4 is 23.1 Å². The number of thiophene rings is 1. The summed E-state index contributed by atoms with van der Waals surface area (Å²) in [4.78, 5) is 1.32. The van der Waals surface area contributed by atoms with Crippen LogP contribution < -0.4 is 0 Å². The van der Waals surface area contributed by atoms with Crippen LogP contribution in [0.5, 0.6) is 0 Å². The zero-order valence-electron chi connectivity index (χ0n) is 15.2. The summed E-state index contributed by atoms with van der Waals surface area (Å²) in [5.74, 6) is 1.81. The lowest BCUT2D eigenvalue weighted by atomic mass is 9.95. The monoisotopic (exact) mass is 394 g/mol. The Kier molecular flexibility index (Phi) is 5.90. The summed E-state index contributed by atoms with van der Waals surface area (Å²) >= 11 is 3.47. The Morgan fingerprint density at radius 3 is 2.74 bits per heavy atom. The topological polar surface area (TPSA) is 54.5 Å². The van der Waals surface area contributed by atoms with Crippen molar-refractivity contribution in [1.29, 1.82) is 5.26 Å². The van der Waals surface area contributed by atoms with Crippen molar-refractivity contribution in [1.82, 2.24) is 14.8 Å². The molecule has 0 bridgehead atoms. The number of nitriles is 1. The summed E-state index contributed by atoms with van der Waals surface area (Å²) in [6.45, 7) is 0. The van der Waals surface area contributed by atoms with Crippen molar-refractivity contribution in [2.45, 2.75) is 55.5 Å². The molecule has 1 aliphatic carbocycles. The normalized spacial score (nSPS) is 14.9. The van der Waals surface area contributed by atoms with Gasteiger partial charge in [0.1, 0.15) is 5.82 Å². The van der Waals surface area contributed by atoms with Gasteiger partial charge in [0.2, 0.25) is 0 Å². The lowest BCUT2D eigenvalue weighted by molar-refractivity contribution is 0.330. The zero-order chi connectivity index (χ0) is 18.5. The molecular formula is C21H22N4S2. The highest BCUT2D eigenvalue weighted by atomic mass is 32.2. The van der Waals surface area contributed by atoms with Crippen LogP contribution in [-0.4, -0.2) is 14.8 Å². The van der Waals surface area contributed by atoms with Crippen LogP contribution in [0.4, 0.5) is 0 Å². The van der Waals surface area contributed by atoms with Gasteiger partial charge in [-0.15, -0.1) is 21.5 Å². The predicted octanol–water partition coefficient (Wildman–Crippen LogP) is 5.60. The Bertz CT molecular complexity index is 918. The van der Waals surface area contributed by atoms with Crippen LogP contribution in [0.3, 0.4) is 0 Å². The summed E-state index contributed by atoms with van der Waals surface area (Å²) in [6.07, 6.45) is 7.15. The molecule has 3 aromatic rings. The molecule has 2 heterocycles. The van der Waals surface area contributed by atoms with Crippen LogP contribution in [0.2, 0.25) is 0 Å². The fraction of sp³-hybridized carbons (Fsp3) is 0.381. The molecule has 2 aromatic heterocycles. The van der Waals surface area contributed by atoms with E-state index in [0.717, 1.165) is 34.3 Å². The van der Waals surface area contributed by atoms with Gasteiger partial charge in [-0.05, 0) is 35.9 Å². The molecule has 0 amide bonds. The summed E-state index contributed by atoms with van der Waals surface area (Å²) in [6, 6.07) is 14.9. The van der Waals surface area contributed by atoms with Crippen LogP contribution in [0, 0.1) is 11.3 Å². The first-order valence-electron chi connectivity index (χ1n) is 9.42. The summed E-state index contributed by atoms with van der Waals surface area (Å²) in [7, 11) is 0. The van der Waals surface area contributed by atoms with Crippen molar-refractivity contribution in [3.05, 3.63) is 63.6 Å². The second kappa shape index (κ2) is 8.73. The molecule has 0 unspecified atom stereocenters. The third kappa shape index (κ3) is 4.26. The maximum atomic E-state index is 9.33. The molecule has 1 aliphatic rings. The summed E-state index contributed by atoms with van der Waals surface area (Å²) in [5, 5.41) is 21.5. The number of aromatic nitrogens is 3. The van der Waals surface area contributed by atoms with E-state index in [1.807, 2.05) is 24.3 Å². The maximum absolute atomic E-state index is 9.33. The Labute approximate surface area is 168 Å². The van der Waals surface area contributed by atoms with Gasteiger partial charge in [-0.3, -0.25) is 0 Å². The molecule has 0 N–H and O–H groups in total. The highest BCUT2D eigenvalue weighted by Gasteiger charge is 2.23. The number of rotatable bonds is 6. The lowest BCUT2D eigenvalue weighted by Crippen LogP contribution is -2.16. The van der Waals surface area contributed by atoms with E-state index in [1.165, 1.54) is 37.0 Å². The number of hydrogen-bond acceptors (Lipinski definition) is 5. The molecule has 1 aromatic carbocycles. The first-order chi connectivity index (χ1) is 13.3. The first kappa shape index (κ1) is 18.3. The minimum Gasteiger partial charge on any atom is -0.303 e. The van der Waals surface area contributed by atoms with Crippen molar-refractivity contribution in [3.63, 3.8) is 0 Å². The van der Waals surface area contributed by atoms with Gasteiger partial charge in [0.05, 0.1) is 11.6 Å². The van der Waals surface area contributed by atoms with Crippen molar-refractivity contribution in [2.24, 2.45) is 0 Å². The van der Waals surface area contributed by atoms with Crippen LogP contribution >= 0.6 is 23.1 Å². The smallest absolute Gasteiger partial charge is 0.191 e. The second-order valence-corrected chi connectivity index (χ2v) is 8.85. The standard InChI is InChI=1S/C21H22N4S2/c22-14-16-7-4-5-8-17(16)15-27-21-24-23-20(13-19-11-6-12-26-19)25(21)18-9-2-1-3-10-18/h4-8,11-12,18H,1-3,9-10,13,15H2. The fourth-order valence-electron chi connectivity index (χ4n) is 3.70. The Balaban J connectivity index is 1.59. The molecule has 0 spiro atoms. The van der Waals surface area contributed by atoms with E-state index < -0.39 is 0 Å². The molecule has 4 rings (SSSR count). The molecule has 1 saturated carbocycles. The summed E-state index contributed by atoms with van der Waals surface area (Å²) < 4.78 is 2.39. The number of nitrogens with zero attached hydrogens (tertiary/aromatic N) is 4. The van der Waals surface area contributed by atoms with Gasteiger partial charge in [0.15, 0.2) is 5.16 Å². The van der Waals surface area contributed by atoms with Crippen LogP contribution in [-0.2, 0) is 12.2 Å². The molecule has 27 heavy (non-hydrogen) atoms. The Morgan fingerprint density at radius 2 is 1.96 bits per heavy atom. The first-order valence-corrected chi connectivity index (χ1v) is 11.3. The fourth-order valence-corrected chi connectivity index (χ4v) is 5.43. The van der Waals surface area contributed by atoms with E-state index in [4.69, 9.17) is 0 Å². The Morgan fingerprint density at radius 1 is 1.11 bits per heavy atom. The van der Waals surface area contributed by atoms with Crippen LogP contribution in [0.25, 0.3) is 0 Å². The average Bonchev–Trinajstić information content (AvgIpc) is 3.37. The minimum atomic E-state index is 0.498. The molecule has 6 heteroatoms. The van der Waals surface area contributed by atoms with Gasteiger partial charge in [-0.25, -0.2) is 0 Å². The lowest BCUT2D eigenvalue weighted by Gasteiger charge is -2.25. The van der Waals surface area contributed by atoms with Gasteiger partial charge in [0, 0.05) is 23.1 Å². The summed E-state index contributed by atoms with van der Waals surface area (Å²) in [5.41, 5.74) is 1.80. The average molecular weight is 395 g/mol. The molecule has 0 radical (unpaired) electrons.